The van der Waals surface area contributed by atoms with Gasteiger partial charge in [-0.05, 0) is 56.7 Å². The Bertz CT molecular complexity index is 676. The fourth-order valence-electron chi connectivity index (χ4n) is 2.61. The highest BCUT2D eigenvalue weighted by Gasteiger charge is 2.05. The average Bonchev–Trinajstić information content (AvgIpc) is 2.61. The molecule has 4 nitrogen and oxygen atoms in total. The lowest BCUT2D eigenvalue weighted by molar-refractivity contribution is 0.306. The molecule has 0 atom stereocenters. The Hall–Kier alpha value is -1.81. The van der Waals surface area contributed by atoms with Crippen molar-refractivity contribution in [1.82, 2.24) is 9.97 Å². The van der Waals surface area contributed by atoms with Gasteiger partial charge in [0.25, 0.3) is 0 Å². The van der Waals surface area contributed by atoms with Crippen molar-refractivity contribution in [3.8, 4) is 5.75 Å². The summed E-state index contributed by atoms with van der Waals surface area (Å²) in [4.78, 5) is 8.22. The van der Waals surface area contributed by atoms with E-state index in [-0.39, 0.29) is 0 Å². The van der Waals surface area contributed by atoms with Crippen LogP contribution in [0.4, 0.5) is 5.82 Å². The molecule has 1 N–H and O–H groups in total. The van der Waals surface area contributed by atoms with Crippen LogP contribution in [0.1, 0.15) is 49.4 Å². The van der Waals surface area contributed by atoms with Gasteiger partial charge in [0.1, 0.15) is 22.9 Å². The Kier molecular flexibility index (Phi) is 7.99. The zero-order valence-electron chi connectivity index (χ0n) is 15.4. The van der Waals surface area contributed by atoms with Gasteiger partial charge in [-0.15, -0.1) is 0 Å². The minimum atomic E-state index is 0.595. The first-order valence-corrected chi connectivity index (χ1v) is 9.43. The minimum Gasteiger partial charge on any atom is -0.493 e. The minimum absolute atomic E-state index is 0.595. The third-order valence-electron chi connectivity index (χ3n) is 4.14. The van der Waals surface area contributed by atoms with E-state index in [1.807, 2.05) is 6.92 Å². The molecule has 0 aliphatic carbocycles. The summed E-state index contributed by atoms with van der Waals surface area (Å²) in [6.45, 7) is 7.74. The van der Waals surface area contributed by atoms with Crippen LogP contribution in [-0.4, -0.2) is 23.1 Å². The Morgan fingerprint density at radius 2 is 1.96 bits per heavy atom. The molecule has 0 saturated heterocycles. The maximum atomic E-state index is 6.16. The lowest BCUT2D eigenvalue weighted by atomic mass is 10.1. The van der Waals surface area contributed by atoms with Crippen LogP contribution < -0.4 is 10.1 Å². The number of aryl methyl sites for hydroxylation is 3. The molecule has 0 unspecified atom stereocenters. The van der Waals surface area contributed by atoms with Crippen molar-refractivity contribution in [3.63, 3.8) is 0 Å². The monoisotopic (exact) mass is 361 g/mol. The Balaban J connectivity index is 1.68. The van der Waals surface area contributed by atoms with Gasteiger partial charge >= 0.3 is 0 Å². The van der Waals surface area contributed by atoms with E-state index in [1.54, 1.807) is 0 Å². The second kappa shape index (κ2) is 10.2. The first kappa shape index (κ1) is 19.5. The predicted octanol–water partition coefficient (Wildman–Crippen LogP) is 5.36. The van der Waals surface area contributed by atoms with Crippen LogP contribution in [0.3, 0.4) is 0 Å². The van der Waals surface area contributed by atoms with Crippen LogP contribution in [-0.2, 0) is 6.42 Å². The topological polar surface area (TPSA) is 47.0 Å². The molecule has 0 bridgehead atoms. The van der Waals surface area contributed by atoms with Crippen LogP contribution in [0.5, 0.6) is 5.75 Å². The van der Waals surface area contributed by atoms with Crippen molar-refractivity contribution in [2.45, 2.75) is 52.9 Å². The molecular weight excluding hydrogens is 334 g/mol. The molecule has 25 heavy (non-hydrogen) atoms. The van der Waals surface area contributed by atoms with Crippen molar-refractivity contribution in [2.24, 2.45) is 0 Å². The van der Waals surface area contributed by atoms with Gasteiger partial charge in [0.05, 0.1) is 12.3 Å². The number of hydrogen-bond acceptors (Lipinski definition) is 4. The molecule has 1 heterocycles. The van der Waals surface area contributed by atoms with Gasteiger partial charge in [0.15, 0.2) is 0 Å². The van der Waals surface area contributed by atoms with Gasteiger partial charge in [-0.25, -0.2) is 9.97 Å². The second-order valence-electron chi connectivity index (χ2n) is 6.31. The van der Waals surface area contributed by atoms with Crippen molar-refractivity contribution in [3.05, 3.63) is 46.4 Å². The maximum absolute atomic E-state index is 6.16. The van der Waals surface area contributed by atoms with E-state index in [0.717, 1.165) is 37.3 Å². The summed E-state index contributed by atoms with van der Waals surface area (Å²) >= 11 is 6.16. The molecule has 2 aromatic rings. The van der Waals surface area contributed by atoms with Gasteiger partial charge in [-0.3, -0.25) is 0 Å². The van der Waals surface area contributed by atoms with Gasteiger partial charge < -0.3 is 10.1 Å². The van der Waals surface area contributed by atoms with Crippen LogP contribution in [0.15, 0.2) is 24.5 Å². The second-order valence-corrected chi connectivity index (χ2v) is 6.69. The molecule has 1 aromatic carbocycles. The number of nitrogens with zero attached hydrogens (tertiary/aromatic N) is 2. The number of benzene rings is 1. The number of hydrogen-bond donors (Lipinski definition) is 1. The van der Waals surface area contributed by atoms with Gasteiger partial charge in [-0.1, -0.05) is 37.1 Å². The number of aromatic nitrogens is 2. The number of unbranched alkanes of at least 4 members (excludes halogenated alkanes) is 2. The Morgan fingerprint density at radius 1 is 1.12 bits per heavy atom. The van der Waals surface area contributed by atoms with Gasteiger partial charge in [0, 0.05) is 6.54 Å². The Morgan fingerprint density at radius 3 is 2.72 bits per heavy atom. The van der Waals surface area contributed by atoms with Crippen LogP contribution in [0, 0.1) is 13.8 Å². The fraction of sp³-hybridized carbons (Fsp3) is 0.500. The third kappa shape index (κ3) is 6.20. The number of rotatable bonds is 10. The van der Waals surface area contributed by atoms with Gasteiger partial charge in [0.2, 0.25) is 0 Å². The van der Waals surface area contributed by atoms with E-state index in [9.17, 15) is 0 Å². The number of halogens is 1. The summed E-state index contributed by atoms with van der Waals surface area (Å²) in [6.07, 6.45) is 7.11. The zero-order valence-corrected chi connectivity index (χ0v) is 16.2. The van der Waals surface area contributed by atoms with Crippen molar-refractivity contribution in [2.75, 3.05) is 18.5 Å². The molecule has 0 saturated carbocycles. The fourth-order valence-corrected chi connectivity index (χ4v) is 2.77. The summed E-state index contributed by atoms with van der Waals surface area (Å²) in [5, 5.41) is 3.85. The van der Waals surface area contributed by atoms with E-state index in [0.29, 0.717) is 17.4 Å². The molecule has 0 fully saturated rings. The summed E-state index contributed by atoms with van der Waals surface area (Å²) < 4.78 is 5.91. The number of ether oxygens (including phenoxy) is 1. The lowest BCUT2D eigenvalue weighted by Crippen LogP contribution is -2.07. The molecular formula is C20H28ClN3O. The first-order chi connectivity index (χ1) is 12.1. The van der Waals surface area contributed by atoms with Crippen LogP contribution >= 0.6 is 11.6 Å². The summed E-state index contributed by atoms with van der Waals surface area (Å²) in [5.41, 5.74) is 3.41. The highest BCUT2D eigenvalue weighted by Crippen LogP contribution is 2.22. The van der Waals surface area contributed by atoms with Crippen LogP contribution in [0.2, 0.25) is 5.02 Å². The molecule has 0 aliphatic rings. The number of anilines is 1. The van der Waals surface area contributed by atoms with Gasteiger partial charge in [-0.2, -0.15) is 0 Å². The lowest BCUT2D eigenvalue weighted by Gasteiger charge is -2.11. The largest absolute Gasteiger partial charge is 0.493 e. The van der Waals surface area contributed by atoms with E-state index < -0.39 is 0 Å². The van der Waals surface area contributed by atoms with E-state index in [4.69, 9.17) is 16.3 Å². The molecule has 2 rings (SSSR count). The smallest absolute Gasteiger partial charge is 0.148 e. The molecule has 0 spiro atoms. The highest BCUT2D eigenvalue weighted by atomic mass is 35.5. The van der Waals surface area contributed by atoms with Crippen molar-refractivity contribution >= 4 is 17.4 Å². The predicted molar refractivity (Wildman–Crippen MR) is 105 cm³/mol. The molecule has 0 amide bonds. The summed E-state index contributed by atoms with van der Waals surface area (Å²) in [7, 11) is 0. The summed E-state index contributed by atoms with van der Waals surface area (Å²) in [5.74, 6) is 1.69. The average molecular weight is 362 g/mol. The zero-order chi connectivity index (χ0) is 18.1. The van der Waals surface area contributed by atoms with E-state index >= 15 is 0 Å². The normalized spacial score (nSPS) is 10.7. The highest BCUT2D eigenvalue weighted by molar-refractivity contribution is 6.33. The summed E-state index contributed by atoms with van der Waals surface area (Å²) in [6, 6.07) is 6.52. The molecule has 5 heteroatoms. The molecule has 0 aliphatic heterocycles. The first-order valence-electron chi connectivity index (χ1n) is 9.05. The number of nitrogens with one attached hydrogen (secondary N) is 1. The standard InChI is InChI=1S/C20H28ClN3O/c1-4-5-8-17-9-10-18(15(2)13-17)25-12-7-6-11-22-20-19(21)16(3)23-14-24-20/h9-10,13-14H,4-8,11-12H2,1-3H3,(H,22,23,24). The maximum Gasteiger partial charge on any atom is 0.148 e. The van der Waals surface area contributed by atoms with Crippen molar-refractivity contribution in [1.29, 1.82) is 0 Å². The quantitative estimate of drug-likeness (QED) is 0.578. The van der Waals surface area contributed by atoms with E-state index in [1.165, 1.54) is 30.3 Å². The molecule has 0 radical (unpaired) electrons. The van der Waals surface area contributed by atoms with Crippen LogP contribution in [0.25, 0.3) is 0 Å². The Labute approximate surface area is 156 Å². The molecule has 1 aromatic heterocycles. The van der Waals surface area contributed by atoms with E-state index in [2.05, 4.69) is 47.3 Å². The SMILES string of the molecule is CCCCc1ccc(OCCCCNc2ncnc(C)c2Cl)c(C)c1. The third-order valence-corrected chi connectivity index (χ3v) is 4.60. The van der Waals surface area contributed by atoms with Crippen molar-refractivity contribution < 1.29 is 4.74 Å². The molecule has 136 valence electrons.